The van der Waals surface area contributed by atoms with Gasteiger partial charge in [-0.05, 0) is 47.8 Å². The number of nitrogens with one attached hydrogen (secondary N) is 1. The van der Waals surface area contributed by atoms with Gasteiger partial charge in [-0.1, -0.05) is 17.3 Å². The van der Waals surface area contributed by atoms with Gasteiger partial charge >= 0.3 is 6.03 Å². The summed E-state index contributed by atoms with van der Waals surface area (Å²) in [4.78, 5) is 14.3. The number of nitrogens with zero attached hydrogens (tertiary/aromatic N) is 2. The van der Waals surface area contributed by atoms with Gasteiger partial charge in [0.1, 0.15) is 11.5 Å². The van der Waals surface area contributed by atoms with Crippen LogP contribution in [0.3, 0.4) is 0 Å². The summed E-state index contributed by atoms with van der Waals surface area (Å²) in [6.07, 6.45) is 1.88. The molecule has 21 heavy (non-hydrogen) atoms. The van der Waals surface area contributed by atoms with Gasteiger partial charge in [-0.15, -0.1) is 0 Å². The number of amides is 2. The van der Waals surface area contributed by atoms with Crippen LogP contribution in [-0.4, -0.2) is 22.6 Å². The van der Waals surface area contributed by atoms with Crippen LogP contribution in [0.2, 0.25) is 0 Å². The molecule has 3 rings (SSSR count). The number of para-hydroxylation sites is 1. The quantitative estimate of drug-likeness (QED) is 0.887. The van der Waals surface area contributed by atoms with Crippen LogP contribution < -0.4 is 5.32 Å². The minimum atomic E-state index is -0.106. The van der Waals surface area contributed by atoms with Crippen LogP contribution >= 0.6 is 15.9 Å². The summed E-state index contributed by atoms with van der Waals surface area (Å²) in [7, 11) is 0. The van der Waals surface area contributed by atoms with Crippen LogP contribution in [0.1, 0.15) is 30.3 Å². The number of aryl methyl sites for hydroxylation is 1. The first-order valence-corrected chi connectivity index (χ1v) is 7.70. The largest absolute Gasteiger partial charge is 0.361 e. The normalized spacial score (nSPS) is 18.0. The van der Waals surface area contributed by atoms with Crippen LogP contribution in [0.25, 0.3) is 0 Å². The van der Waals surface area contributed by atoms with Gasteiger partial charge in [0, 0.05) is 17.1 Å². The van der Waals surface area contributed by atoms with E-state index in [0.29, 0.717) is 0 Å². The van der Waals surface area contributed by atoms with E-state index in [4.69, 9.17) is 4.52 Å². The maximum atomic E-state index is 12.5. The lowest BCUT2D eigenvalue weighted by molar-refractivity contribution is 0.204. The van der Waals surface area contributed by atoms with Gasteiger partial charge in [-0.2, -0.15) is 0 Å². The Kier molecular flexibility index (Phi) is 3.96. The number of likely N-dealkylation sites (tertiary alicyclic amines) is 1. The van der Waals surface area contributed by atoms with Crippen LogP contribution in [-0.2, 0) is 0 Å². The molecule has 1 N–H and O–H groups in total. The van der Waals surface area contributed by atoms with Crippen molar-refractivity contribution < 1.29 is 9.32 Å². The molecule has 1 atom stereocenters. The summed E-state index contributed by atoms with van der Waals surface area (Å²) in [5.74, 6) is 0.767. The van der Waals surface area contributed by atoms with E-state index in [2.05, 4.69) is 26.4 Å². The molecule has 0 bridgehead atoms. The molecular formula is C15H16BrN3O2. The molecule has 0 aliphatic carbocycles. The molecule has 2 heterocycles. The Labute approximate surface area is 131 Å². The second-order valence-corrected chi connectivity index (χ2v) is 5.98. The molecular weight excluding hydrogens is 334 g/mol. The fraction of sp³-hybridized carbons (Fsp3) is 0.333. The van der Waals surface area contributed by atoms with E-state index in [1.165, 1.54) is 0 Å². The van der Waals surface area contributed by atoms with Crippen molar-refractivity contribution in [1.29, 1.82) is 0 Å². The van der Waals surface area contributed by atoms with Crippen molar-refractivity contribution in [3.05, 3.63) is 46.3 Å². The molecule has 1 saturated heterocycles. The first-order valence-electron chi connectivity index (χ1n) is 6.90. The predicted octanol–water partition coefficient (Wildman–Crippen LogP) is 4.11. The topological polar surface area (TPSA) is 58.4 Å². The van der Waals surface area contributed by atoms with Gasteiger partial charge in [0.05, 0.1) is 11.7 Å². The van der Waals surface area contributed by atoms with Crippen molar-refractivity contribution in [2.45, 2.75) is 25.8 Å². The third-order valence-electron chi connectivity index (χ3n) is 3.62. The van der Waals surface area contributed by atoms with Crippen molar-refractivity contribution in [2.75, 3.05) is 11.9 Å². The molecule has 1 aromatic carbocycles. The lowest BCUT2D eigenvalue weighted by Gasteiger charge is -2.23. The van der Waals surface area contributed by atoms with E-state index in [-0.39, 0.29) is 12.1 Å². The first-order chi connectivity index (χ1) is 10.1. The second kappa shape index (κ2) is 5.89. The van der Waals surface area contributed by atoms with Gasteiger partial charge in [0.2, 0.25) is 0 Å². The molecule has 1 fully saturated rings. The van der Waals surface area contributed by atoms with Crippen molar-refractivity contribution in [2.24, 2.45) is 0 Å². The smallest absolute Gasteiger partial charge is 0.322 e. The number of hydrogen-bond acceptors (Lipinski definition) is 3. The first kappa shape index (κ1) is 14.1. The molecule has 5 nitrogen and oxygen atoms in total. The van der Waals surface area contributed by atoms with Gasteiger partial charge in [-0.25, -0.2) is 4.79 Å². The Bertz CT molecular complexity index is 656. The summed E-state index contributed by atoms with van der Waals surface area (Å²) in [6, 6.07) is 9.36. The Balaban J connectivity index is 1.76. The molecule has 0 unspecified atom stereocenters. The Hall–Kier alpha value is -1.82. The number of halogens is 1. The molecule has 0 radical (unpaired) electrons. The number of hydrogen-bond donors (Lipinski definition) is 1. The van der Waals surface area contributed by atoms with Gasteiger partial charge in [-0.3, -0.25) is 0 Å². The van der Waals surface area contributed by atoms with E-state index < -0.39 is 0 Å². The fourth-order valence-corrected chi connectivity index (χ4v) is 2.99. The minimum Gasteiger partial charge on any atom is -0.361 e. The maximum absolute atomic E-state index is 12.5. The average Bonchev–Trinajstić information content (AvgIpc) is 3.09. The Morgan fingerprint density at radius 3 is 3.00 bits per heavy atom. The molecule has 0 saturated carbocycles. The van der Waals surface area contributed by atoms with E-state index >= 15 is 0 Å². The number of aromatic nitrogens is 1. The lowest BCUT2D eigenvalue weighted by Crippen LogP contribution is -2.34. The number of carbonyl (C=O) groups is 1. The number of carbonyl (C=O) groups excluding carboxylic acids is 1. The molecule has 110 valence electrons. The zero-order valence-electron chi connectivity index (χ0n) is 11.7. The van der Waals surface area contributed by atoms with Crippen molar-refractivity contribution >= 4 is 27.6 Å². The third kappa shape index (κ3) is 2.95. The zero-order valence-corrected chi connectivity index (χ0v) is 13.3. The highest BCUT2D eigenvalue weighted by Gasteiger charge is 2.32. The highest BCUT2D eigenvalue weighted by molar-refractivity contribution is 9.10. The van der Waals surface area contributed by atoms with Crippen LogP contribution in [0.5, 0.6) is 0 Å². The summed E-state index contributed by atoms with van der Waals surface area (Å²) in [6.45, 7) is 2.59. The second-order valence-electron chi connectivity index (χ2n) is 5.12. The van der Waals surface area contributed by atoms with E-state index in [0.717, 1.165) is 41.0 Å². The molecule has 1 aromatic heterocycles. The number of urea groups is 1. The highest BCUT2D eigenvalue weighted by atomic mass is 79.9. The monoisotopic (exact) mass is 349 g/mol. The van der Waals surface area contributed by atoms with Gasteiger partial charge in [0.15, 0.2) is 0 Å². The predicted molar refractivity (Wildman–Crippen MR) is 83.1 cm³/mol. The Morgan fingerprint density at radius 1 is 1.48 bits per heavy atom. The summed E-state index contributed by atoms with van der Waals surface area (Å²) < 4.78 is 5.99. The van der Waals surface area contributed by atoms with Crippen molar-refractivity contribution in [3.8, 4) is 0 Å². The zero-order chi connectivity index (χ0) is 14.8. The highest BCUT2D eigenvalue weighted by Crippen LogP contribution is 2.32. The average molecular weight is 350 g/mol. The molecule has 1 aliphatic rings. The minimum absolute atomic E-state index is 0.00932. The summed E-state index contributed by atoms with van der Waals surface area (Å²) in [5.41, 5.74) is 1.59. The molecule has 1 aliphatic heterocycles. The number of rotatable bonds is 2. The maximum Gasteiger partial charge on any atom is 0.322 e. The van der Waals surface area contributed by atoms with Gasteiger partial charge < -0.3 is 14.7 Å². The number of anilines is 1. The molecule has 6 heteroatoms. The van der Waals surface area contributed by atoms with Crippen molar-refractivity contribution in [3.63, 3.8) is 0 Å². The molecule has 0 spiro atoms. The fourth-order valence-electron chi connectivity index (χ4n) is 2.61. The van der Waals surface area contributed by atoms with Crippen LogP contribution in [0, 0.1) is 6.92 Å². The van der Waals surface area contributed by atoms with E-state index in [1.807, 2.05) is 42.2 Å². The van der Waals surface area contributed by atoms with Crippen molar-refractivity contribution in [1.82, 2.24) is 10.1 Å². The lowest BCUT2D eigenvalue weighted by atomic mass is 10.1. The number of benzene rings is 1. The van der Waals surface area contributed by atoms with Crippen LogP contribution in [0.15, 0.2) is 39.3 Å². The molecule has 2 aromatic rings. The van der Waals surface area contributed by atoms with Gasteiger partial charge in [0.25, 0.3) is 0 Å². The standard InChI is InChI=1S/C15H16BrN3O2/c1-10-9-13(18-21-10)14-7-4-8-19(14)15(20)17-12-6-3-2-5-11(12)16/h2-3,5-6,9,14H,4,7-8H2,1H3,(H,17,20)/t14-/m0/s1. The van der Waals surface area contributed by atoms with E-state index in [9.17, 15) is 4.79 Å². The Morgan fingerprint density at radius 2 is 2.29 bits per heavy atom. The molecule has 2 amide bonds. The SMILES string of the molecule is Cc1cc([C@@H]2CCCN2C(=O)Nc2ccccc2Br)no1. The van der Waals surface area contributed by atoms with E-state index in [1.54, 1.807) is 0 Å². The van der Waals surface area contributed by atoms with Crippen LogP contribution in [0.4, 0.5) is 10.5 Å². The third-order valence-corrected chi connectivity index (χ3v) is 4.31. The summed E-state index contributed by atoms with van der Waals surface area (Å²) >= 11 is 3.44. The summed E-state index contributed by atoms with van der Waals surface area (Å²) in [5, 5.41) is 6.99.